The Hall–Kier alpha value is -2.48. The molecule has 1 N–H and O–H groups in total. The van der Waals surface area contributed by atoms with Crippen LogP contribution in [-0.4, -0.2) is 46.9 Å². The van der Waals surface area contributed by atoms with Crippen molar-refractivity contribution in [3.63, 3.8) is 0 Å². The third-order valence-electron chi connectivity index (χ3n) is 3.57. The molecule has 1 heterocycles. The van der Waals surface area contributed by atoms with Crippen LogP contribution in [0.5, 0.6) is 11.5 Å². The van der Waals surface area contributed by atoms with Crippen molar-refractivity contribution in [3.05, 3.63) is 28.7 Å². The van der Waals surface area contributed by atoms with Crippen molar-refractivity contribution >= 4 is 35.0 Å². The molecule has 1 atom stereocenters. The number of ether oxygens (including phenoxy) is 2. The minimum absolute atomic E-state index is 0.0273. The summed E-state index contributed by atoms with van der Waals surface area (Å²) in [5.74, 6) is -0.946. The molecule has 1 aliphatic heterocycles. The molecule has 134 valence electrons. The van der Waals surface area contributed by atoms with Gasteiger partial charge in [0.2, 0.25) is 0 Å². The first-order valence-corrected chi connectivity index (χ1v) is 8.49. The maximum Gasteiger partial charge on any atom is 0.326 e. The van der Waals surface area contributed by atoms with Crippen molar-refractivity contribution in [1.29, 1.82) is 0 Å². The van der Waals surface area contributed by atoms with E-state index in [1.807, 2.05) is 6.92 Å². The summed E-state index contributed by atoms with van der Waals surface area (Å²) in [5.41, 5.74) is 0.585. The van der Waals surface area contributed by atoms with Crippen molar-refractivity contribution in [2.45, 2.75) is 26.4 Å². The number of carbonyl (C=O) groups excluding carboxylic acids is 3. The van der Waals surface area contributed by atoms with Crippen LogP contribution < -0.4 is 4.74 Å². The number of thioether (sulfide) groups is 1. The quantitative estimate of drug-likeness (QED) is 0.612. The van der Waals surface area contributed by atoms with Gasteiger partial charge in [0.1, 0.15) is 6.54 Å². The van der Waals surface area contributed by atoms with E-state index in [2.05, 4.69) is 0 Å². The molecule has 1 aliphatic rings. The van der Waals surface area contributed by atoms with E-state index in [9.17, 15) is 19.5 Å². The number of esters is 1. The summed E-state index contributed by atoms with van der Waals surface area (Å²) in [6, 6.07) is 4.56. The van der Waals surface area contributed by atoms with Crippen LogP contribution in [-0.2, 0) is 14.3 Å². The Balaban J connectivity index is 2.13. The number of benzene rings is 1. The van der Waals surface area contributed by atoms with Crippen LogP contribution in [0.15, 0.2) is 23.1 Å². The topological polar surface area (TPSA) is 93.1 Å². The number of amides is 2. The number of imide groups is 1. The van der Waals surface area contributed by atoms with E-state index in [-0.39, 0.29) is 22.5 Å². The molecule has 25 heavy (non-hydrogen) atoms. The predicted octanol–water partition coefficient (Wildman–Crippen LogP) is 2.78. The van der Waals surface area contributed by atoms with Crippen LogP contribution in [0.1, 0.15) is 25.8 Å². The molecule has 0 unspecified atom stereocenters. The molecule has 1 fully saturated rings. The standard InChI is InChI=1S/C17H19NO6S/c1-4-10(2)24-15(20)9-18-16(21)14(25-17(18)22)8-11-5-6-12(19)13(7-11)23-3/h5-8,10,19H,4,9H2,1-3H3/b14-8+/t10-/m0/s1. The minimum Gasteiger partial charge on any atom is -0.504 e. The van der Waals surface area contributed by atoms with E-state index in [0.29, 0.717) is 12.0 Å². The normalized spacial score (nSPS) is 17.1. The fourth-order valence-corrected chi connectivity index (χ4v) is 2.88. The van der Waals surface area contributed by atoms with Crippen molar-refractivity contribution in [1.82, 2.24) is 4.90 Å². The number of nitrogens with zero attached hydrogens (tertiary/aromatic N) is 1. The van der Waals surface area contributed by atoms with Gasteiger partial charge < -0.3 is 14.6 Å². The summed E-state index contributed by atoms with van der Waals surface area (Å²) in [6.45, 7) is 3.20. The zero-order valence-corrected chi connectivity index (χ0v) is 15.0. The van der Waals surface area contributed by atoms with Crippen molar-refractivity contribution < 1.29 is 29.0 Å². The number of rotatable bonds is 6. The molecule has 0 saturated carbocycles. The third-order valence-corrected chi connectivity index (χ3v) is 4.48. The number of carbonyl (C=O) groups is 3. The van der Waals surface area contributed by atoms with E-state index >= 15 is 0 Å². The highest BCUT2D eigenvalue weighted by Crippen LogP contribution is 2.34. The van der Waals surface area contributed by atoms with Gasteiger partial charge in [-0.25, -0.2) is 0 Å². The lowest BCUT2D eigenvalue weighted by molar-refractivity contribution is -0.150. The van der Waals surface area contributed by atoms with Crippen LogP contribution in [0.4, 0.5) is 4.79 Å². The average Bonchev–Trinajstić information content (AvgIpc) is 2.83. The number of phenols is 1. The van der Waals surface area contributed by atoms with Gasteiger partial charge in [0.15, 0.2) is 11.5 Å². The van der Waals surface area contributed by atoms with Gasteiger partial charge in [-0.15, -0.1) is 0 Å². The minimum atomic E-state index is -0.621. The summed E-state index contributed by atoms with van der Waals surface area (Å²) >= 11 is 0.748. The summed E-state index contributed by atoms with van der Waals surface area (Å²) in [5, 5.41) is 9.07. The number of hydrogen-bond acceptors (Lipinski definition) is 7. The van der Waals surface area contributed by atoms with Crippen LogP contribution in [0.2, 0.25) is 0 Å². The number of aromatic hydroxyl groups is 1. The Bertz CT molecular complexity index is 730. The Labute approximate surface area is 149 Å². The maximum absolute atomic E-state index is 12.4. The third kappa shape index (κ3) is 4.54. The highest BCUT2D eigenvalue weighted by molar-refractivity contribution is 8.18. The molecule has 7 nitrogen and oxygen atoms in total. The zero-order valence-electron chi connectivity index (χ0n) is 14.1. The summed E-state index contributed by atoms with van der Waals surface area (Å²) in [6.07, 6.45) is 1.88. The number of phenolic OH excluding ortho intramolecular Hbond substituents is 1. The molecule has 0 spiro atoms. The van der Waals surface area contributed by atoms with E-state index in [4.69, 9.17) is 9.47 Å². The SMILES string of the molecule is CC[C@H](C)OC(=O)CN1C(=O)S/C(=C/c2ccc(O)c(OC)c2)C1=O. The molecular weight excluding hydrogens is 346 g/mol. The first-order chi connectivity index (χ1) is 11.8. The van der Waals surface area contributed by atoms with E-state index in [1.165, 1.54) is 19.3 Å². The number of hydrogen-bond donors (Lipinski definition) is 1. The molecule has 2 rings (SSSR count). The molecule has 1 aromatic rings. The summed E-state index contributed by atoms with van der Waals surface area (Å²) in [4.78, 5) is 37.2. The fourth-order valence-electron chi connectivity index (χ4n) is 2.05. The van der Waals surface area contributed by atoms with E-state index in [1.54, 1.807) is 19.1 Å². The Morgan fingerprint density at radius 2 is 2.12 bits per heavy atom. The van der Waals surface area contributed by atoms with Gasteiger partial charge in [-0.3, -0.25) is 19.3 Å². The van der Waals surface area contributed by atoms with Crippen molar-refractivity contribution in [2.24, 2.45) is 0 Å². The monoisotopic (exact) mass is 365 g/mol. The van der Waals surface area contributed by atoms with Crippen LogP contribution in [0.25, 0.3) is 6.08 Å². The highest BCUT2D eigenvalue weighted by atomic mass is 32.2. The van der Waals surface area contributed by atoms with Crippen molar-refractivity contribution in [3.8, 4) is 11.5 Å². The summed E-state index contributed by atoms with van der Waals surface area (Å²) in [7, 11) is 1.41. The van der Waals surface area contributed by atoms with Gasteiger partial charge in [0, 0.05) is 0 Å². The fraction of sp³-hybridized carbons (Fsp3) is 0.353. The Kier molecular flexibility index (Phi) is 6.08. The smallest absolute Gasteiger partial charge is 0.326 e. The van der Waals surface area contributed by atoms with Crippen LogP contribution in [0, 0.1) is 0 Å². The lowest BCUT2D eigenvalue weighted by Gasteiger charge is -2.14. The van der Waals surface area contributed by atoms with Crippen LogP contribution >= 0.6 is 11.8 Å². The van der Waals surface area contributed by atoms with Gasteiger partial charge in [0.05, 0.1) is 18.1 Å². The lowest BCUT2D eigenvalue weighted by atomic mass is 10.2. The second-order valence-corrected chi connectivity index (χ2v) is 6.40. The van der Waals surface area contributed by atoms with Crippen LogP contribution in [0.3, 0.4) is 0 Å². The number of methoxy groups -OCH3 is 1. The molecule has 0 bridgehead atoms. The Morgan fingerprint density at radius 3 is 2.76 bits per heavy atom. The molecule has 1 aromatic carbocycles. The average molecular weight is 365 g/mol. The van der Waals surface area contributed by atoms with E-state index in [0.717, 1.165) is 16.7 Å². The van der Waals surface area contributed by atoms with Gasteiger partial charge in [-0.1, -0.05) is 13.0 Å². The second-order valence-electron chi connectivity index (χ2n) is 5.41. The molecule has 1 saturated heterocycles. The Morgan fingerprint density at radius 1 is 1.40 bits per heavy atom. The first-order valence-electron chi connectivity index (χ1n) is 7.67. The lowest BCUT2D eigenvalue weighted by Crippen LogP contribution is -2.35. The molecule has 2 amide bonds. The summed E-state index contributed by atoms with van der Waals surface area (Å²) < 4.78 is 10.1. The predicted molar refractivity (Wildman–Crippen MR) is 93.2 cm³/mol. The van der Waals surface area contributed by atoms with Gasteiger partial charge in [-0.05, 0) is 48.9 Å². The molecule has 8 heteroatoms. The van der Waals surface area contributed by atoms with Crippen molar-refractivity contribution in [2.75, 3.05) is 13.7 Å². The molecule has 0 aliphatic carbocycles. The molecule has 0 aromatic heterocycles. The van der Waals surface area contributed by atoms with E-state index < -0.39 is 23.7 Å². The molecule has 0 radical (unpaired) electrons. The second kappa shape index (κ2) is 8.06. The van der Waals surface area contributed by atoms with Gasteiger partial charge in [0.25, 0.3) is 11.1 Å². The first kappa shape index (κ1) is 18.9. The zero-order chi connectivity index (χ0) is 18.6. The maximum atomic E-state index is 12.4. The molecular formula is C17H19NO6S. The van der Waals surface area contributed by atoms with Gasteiger partial charge in [-0.2, -0.15) is 0 Å². The largest absolute Gasteiger partial charge is 0.504 e. The highest BCUT2D eigenvalue weighted by Gasteiger charge is 2.36. The van der Waals surface area contributed by atoms with Gasteiger partial charge >= 0.3 is 5.97 Å².